The number of hydrogen-bond acceptors (Lipinski definition) is 25. The average molecular weight is 1680 g/mol. The van der Waals surface area contributed by atoms with Crippen LogP contribution < -0.4 is 33.2 Å². The number of amides is 6. The second-order valence-electron chi connectivity index (χ2n) is 31.2. The number of methoxy groups -OCH3 is 9. The zero-order chi connectivity index (χ0) is 90.4. The number of carbonyl (C=O) groups excluding carboxylic acids is 10. The zero-order valence-electron chi connectivity index (χ0n) is 73.4. The van der Waals surface area contributed by atoms with E-state index >= 15 is 0 Å². The number of rotatable bonds is 12. The van der Waals surface area contributed by atoms with Gasteiger partial charge in [0.15, 0.2) is 17.6 Å². The predicted octanol–water partition coefficient (Wildman–Crippen LogP) is 8.66. The fourth-order valence-corrected chi connectivity index (χ4v) is 15.6. The van der Waals surface area contributed by atoms with Crippen molar-refractivity contribution >= 4 is 59.1 Å². The van der Waals surface area contributed by atoms with E-state index in [4.69, 9.17) is 74.0 Å². The van der Waals surface area contributed by atoms with Crippen molar-refractivity contribution in [2.45, 2.75) is 208 Å². The third-order valence-electron chi connectivity index (χ3n) is 21.8. The summed E-state index contributed by atoms with van der Waals surface area (Å²) in [7, 11) is 13.6. The van der Waals surface area contributed by atoms with E-state index in [1.54, 1.807) is 111 Å². The first-order chi connectivity index (χ1) is 56.5. The zero-order valence-corrected chi connectivity index (χ0v) is 73.4. The Bertz CT molecular complexity index is 4150. The van der Waals surface area contributed by atoms with Gasteiger partial charge in [-0.1, -0.05) is 128 Å². The summed E-state index contributed by atoms with van der Waals surface area (Å²) in [5.74, 6) is -5.59. The normalized spacial score (nSPS) is 35.0. The van der Waals surface area contributed by atoms with Crippen LogP contribution in [0.5, 0.6) is 0 Å². The summed E-state index contributed by atoms with van der Waals surface area (Å²) >= 11 is 0. The molecule has 12 N–H and O–H groups in total. The Labute approximate surface area is 705 Å². The van der Waals surface area contributed by atoms with Crippen molar-refractivity contribution in [3.8, 4) is 0 Å². The summed E-state index contributed by atoms with van der Waals surface area (Å²) in [6.07, 6.45) is 15.8. The number of primary amides is 3. The highest BCUT2D eigenvalue weighted by Crippen LogP contribution is 2.36. The van der Waals surface area contributed by atoms with E-state index in [0.29, 0.717) is 41.6 Å². The number of ketones is 4. The average Bonchev–Trinajstić information content (AvgIpc) is 0.872. The number of nitrogens with two attached hydrogens (primary N) is 3. The Kier molecular flexibility index (Phi) is 42.2. The molecule has 22 atom stereocenters. The summed E-state index contributed by atoms with van der Waals surface area (Å²) in [4.78, 5) is 126. The van der Waals surface area contributed by atoms with E-state index in [1.165, 1.54) is 60.7 Å². The van der Waals surface area contributed by atoms with E-state index in [1.807, 2.05) is 80.5 Å². The second kappa shape index (κ2) is 49.3. The van der Waals surface area contributed by atoms with Crippen LogP contribution in [0.2, 0.25) is 0 Å². The molecule has 0 spiro atoms. The molecule has 6 amide bonds. The van der Waals surface area contributed by atoms with Crippen LogP contribution in [0.1, 0.15) is 123 Å². The maximum atomic E-state index is 13.4. The van der Waals surface area contributed by atoms with Crippen LogP contribution in [0.4, 0.5) is 14.4 Å². The van der Waals surface area contributed by atoms with Crippen LogP contribution in [0.15, 0.2) is 176 Å². The highest BCUT2D eigenvalue weighted by atomic mass is 16.6. The van der Waals surface area contributed by atoms with Gasteiger partial charge in [0, 0.05) is 132 Å². The highest BCUT2D eigenvalue weighted by Gasteiger charge is 2.41. The Balaban J connectivity index is 0.000000378. The number of ether oxygens (including phenoxy) is 12. The van der Waals surface area contributed by atoms with Gasteiger partial charge in [0.25, 0.3) is 17.7 Å². The lowest BCUT2D eigenvalue weighted by molar-refractivity contribution is -0.121. The Morgan fingerprint density at radius 1 is 0.433 bits per heavy atom. The van der Waals surface area contributed by atoms with E-state index in [9.17, 15) is 63.3 Å². The molecule has 3 heterocycles. The smallest absolute Gasteiger partial charge is 0.405 e. The molecule has 0 radical (unpaired) electrons. The number of hydrogen-bond donors (Lipinski definition) is 9. The van der Waals surface area contributed by atoms with E-state index < -0.39 is 138 Å². The number of carbonyl (C=O) groups is 10. The minimum atomic E-state index is -1.18. The highest BCUT2D eigenvalue weighted by molar-refractivity contribution is 6.23. The fourth-order valence-electron chi connectivity index (χ4n) is 15.6. The van der Waals surface area contributed by atoms with Gasteiger partial charge >= 0.3 is 18.3 Å². The molecular weight excluding hydrogens is 1550 g/mol. The monoisotopic (exact) mass is 1680 g/mol. The molecule has 120 heavy (non-hydrogen) atoms. The molecule has 0 aromatic heterocycles. The number of allylic oxidation sites excluding steroid dienone is 11. The van der Waals surface area contributed by atoms with Crippen LogP contribution in [-0.2, 0) is 90.4 Å². The van der Waals surface area contributed by atoms with E-state index in [0.717, 1.165) is 23.3 Å². The van der Waals surface area contributed by atoms with Crippen molar-refractivity contribution < 1.29 is 120 Å². The lowest BCUT2D eigenvalue weighted by Crippen LogP contribution is -2.42. The van der Waals surface area contributed by atoms with Crippen molar-refractivity contribution in [1.29, 1.82) is 0 Å². The van der Waals surface area contributed by atoms with E-state index in [-0.39, 0.29) is 99.6 Å². The SMILES string of the molecule is COC1=C2C[C@@H](C)C[C@H](OC)[C@H](O)[C@@H](C)/C=C(\C)[C@H](OC(N)=O)C(OC)/C=C\C=C(/C)C(=O)NC(=CC1=O)C2=O.CO[C@H]1[C@@H](OC)C[C@H](C)[C@@H](OC)C2=CC(=O)C=C(NC(=O)/C(C)=C/C=C\C(C)[C@@H](OC(N)=O)/C(C)=C/[C@@H]1C)C2=O.CO[C@H]1[C@@H](OC)C[C@H](C)[C@@H](OC)C2=CC(O)C=C(NC(=O)/C(C)=C/C=C\C(C)[C@@H](OC(N)=O)/C(C)=C/[C@@H]1C)C2O. The molecule has 6 aliphatic rings. The molecule has 3 aliphatic carbocycles. The number of aliphatic hydroxyl groups excluding tert-OH is 3. The molecule has 664 valence electrons. The number of Topliss-reactive ketones (excluding diaryl/α,β-unsaturated/α-hetero) is 2. The van der Waals surface area contributed by atoms with Crippen LogP contribution in [0, 0.1) is 47.3 Å². The van der Waals surface area contributed by atoms with Crippen LogP contribution in [-0.4, -0.2) is 224 Å². The van der Waals surface area contributed by atoms with Gasteiger partial charge in [-0.3, -0.25) is 33.6 Å². The molecule has 0 aromatic carbocycles. The number of nitrogens with one attached hydrogen (secondary N) is 3. The summed E-state index contributed by atoms with van der Waals surface area (Å²) in [5.41, 5.74) is 19.8. The van der Waals surface area contributed by atoms with Crippen LogP contribution in [0.3, 0.4) is 0 Å². The molecule has 6 rings (SSSR count). The summed E-state index contributed by atoms with van der Waals surface area (Å²) in [5, 5.41) is 40.7. The fraction of sp³-hybridized carbons (Fsp3) is 0.551. The van der Waals surface area contributed by atoms with Crippen molar-refractivity contribution in [3.05, 3.63) is 176 Å². The molecule has 0 fully saturated rings. The minimum Gasteiger partial charge on any atom is -0.492 e. The Morgan fingerprint density at radius 2 is 0.858 bits per heavy atom. The number of aliphatic hydroxyl groups is 3. The van der Waals surface area contributed by atoms with Crippen molar-refractivity contribution in [2.24, 2.45) is 64.5 Å². The van der Waals surface area contributed by atoms with Gasteiger partial charge < -0.3 is 105 Å². The van der Waals surface area contributed by atoms with Crippen molar-refractivity contribution in [1.82, 2.24) is 16.0 Å². The molecule has 0 saturated heterocycles. The van der Waals surface area contributed by atoms with E-state index in [2.05, 4.69) is 16.0 Å². The van der Waals surface area contributed by atoms with Crippen molar-refractivity contribution in [3.63, 3.8) is 0 Å². The van der Waals surface area contributed by atoms with Gasteiger partial charge in [0.05, 0.1) is 73.4 Å². The third kappa shape index (κ3) is 29.3. The molecule has 0 saturated carbocycles. The maximum Gasteiger partial charge on any atom is 0.405 e. The molecule has 31 heteroatoms. The summed E-state index contributed by atoms with van der Waals surface area (Å²) < 4.78 is 67.7. The predicted molar refractivity (Wildman–Crippen MR) is 448 cm³/mol. The van der Waals surface area contributed by atoms with Gasteiger partial charge in [0.1, 0.15) is 24.4 Å². The van der Waals surface area contributed by atoms with Gasteiger partial charge in [-0.05, 0) is 125 Å². The molecule has 0 aromatic rings. The molecule has 5 unspecified atom stereocenters. The molecule has 31 nitrogen and oxygen atoms in total. The topological polar surface area (TPSA) is 456 Å². The quantitative estimate of drug-likeness (QED) is 0.0501. The molecule has 6 bridgehead atoms. The lowest BCUT2D eigenvalue weighted by atomic mass is 9.83. The standard InChI is InChI=1S/C30H46N2O8.C30H42N2O8.C29H40N2O9/c2*1-16-10-9-11-17(2)29(35)32-23-15-21(33)14-22(25(23)34)27(38-7)20(5)13-24(37-6)28(39-8)19(4)12-18(3)26(16)40-30(31)36;1-15-11-19-25(34)20(14-21(32)27(19)39-7)31-28(35)16(2)9-8-10-22(37-5)26(40-29(30)36)18(4)13-17(3)24(33)23(12-15)38-6/h9-12,14-16,19-21,24-28,33-34H,13H2,1-8H3,(H2,31,36)(H,32,35);9-12,14-16,19-20,24,26-28H,13H2,1-8H3,(H2,31,36)(H,32,35);8-10,13-15,17,22-24,26,33H,11-12H2,1-7H3,(H2,30,36)(H,31,35)/b2*10-9-,17-11+,18-12+;10-8-,16-9+,18-13+/t16?,19-,20-,21?,24-,25?,26+,27+,28+;16?,19-,20-,24-,26+,27+,28+;15-,17+,22?,23+,24-,26+/m001/s1. The van der Waals surface area contributed by atoms with Gasteiger partial charge in [-0.15, -0.1) is 0 Å². The van der Waals surface area contributed by atoms with Crippen LogP contribution in [0.25, 0.3) is 0 Å². The first-order valence-corrected chi connectivity index (χ1v) is 39.7. The lowest BCUT2D eigenvalue weighted by Gasteiger charge is -2.36. The third-order valence-corrected chi connectivity index (χ3v) is 21.8. The number of fused-ring (bicyclic) bond motifs is 6. The summed E-state index contributed by atoms with van der Waals surface area (Å²) in [6, 6.07) is 0. The van der Waals surface area contributed by atoms with Gasteiger partial charge in [-0.25, -0.2) is 14.4 Å². The second-order valence-corrected chi connectivity index (χ2v) is 31.2. The van der Waals surface area contributed by atoms with Gasteiger partial charge in [-0.2, -0.15) is 0 Å². The molecular formula is C89H128N6O25. The first-order valence-electron chi connectivity index (χ1n) is 39.7. The Hall–Kier alpha value is -9.64. The Morgan fingerprint density at radius 3 is 1.29 bits per heavy atom. The largest absolute Gasteiger partial charge is 0.492 e. The van der Waals surface area contributed by atoms with Gasteiger partial charge in [0.2, 0.25) is 17.3 Å². The molecule has 3 aliphatic heterocycles. The van der Waals surface area contributed by atoms with Crippen LogP contribution >= 0.6 is 0 Å². The minimum absolute atomic E-state index is 0.0801. The first kappa shape index (κ1) is 103. The maximum absolute atomic E-state index is 13.4. The van der Waals surface area contributed by atoms with Crippen molar-refractivity contribution in [2.75, 3.05) is 64.0 Å². The summed E-state index contributed by atoms with van der Waals surface area (Å²) in [6.45, 7) is 25.4.